The van der Waals surface area contributed by atoms with Crippen molar-refractivity contribution in [2.24, 2.45) is 17.3 Å². The van der Waals surface area contributed by atoms with Crippen LogP contribution >= 0.6 is 0 Å². The van der Waals surface area contributed by atoms with Gasteiger partial charge in [0.2, 0.25) is 0 Å². The molecule has 3 rings (SSSR count). The van der Waals surface area contributed by atoms with Crippen molar-refractivity contribution in [2.45, 2.75) is 46.3 Å². The number of nitrogens with one attached hydrogen (secondary N) is 1. The molecule has 2 fully saturated rings. The summed E-state index contributed by atoms with van der Waals surface area (Å²) in [7, 11) is 0. The summed E-state index contributed by atoms with van der Waals surface area (Å²) in [5, 5.41) is 3.73. The summed E-state index contributed by atoms with van der Waals surface area (Å²) >= 11 is 0. The first-order valence-corrected chi connectivity index (χ1v) is 8.10. The zero-order chi connectivity index (χ0) is 15.0. The highest BCUT2D eigenvalue weighted by Gasteiger charge is 2.59. The molecule has 3 atom stereocenters. The molecule has 3 unspecified atom stereocenters. The van der Waals surface area contributed by atoms with E-state index in [1.54, 1.807) is 0 Å². The van der Waals surface area contributed by atoms with Gasteiger partial charge in [-0.1, -0.05) is 39.8 Å². The Morgan fingerprint density at radius 3 is 2.86 bits per heavy atom. The van der Waals surface area contributed by atoms with E-state index in [0.29, 0.717) is 24.0 Å². The second-order valence-corrected chi connectivity index (χ2v) is 7.39. The minimum atomic E-state index is 0.187. The molecule has 1 aromatic carbocycles. The second-order valence-electron chi connectivity index (χ2n) is 7.39. The predicted molar refractivity (Wildman–Crippen MR) is 85.8 cm³/mol. The summed E-state index contributed by atoms with van der Waals surface area (Å²) in [6.07, 6.45) is 1.58. The third kappa shape index (κ3) is 2.64. The Kier molecular flexibility index (Phi) is 3.87. The Balaban J connectivity index is 1.73. The van der Waals surface area contributed by atoms with Crippen LogP contribution in [-0.4, -0.2) is 25.4 Å². The Bertz CT molecular complexity index is 498. The van der Waals surface area contributed by atoms with Gasteiger partial charge in [-0.2, -0.15) is 0 Å². The maximum absolute atomic E-state index is 5.95. The van der Waals surface area contributed by atoms with Crippen LogP contribution < -0.4 is 10.1 Å². The van der Waals surface area contributed by atoms with Crippen molar-refractivity contribution < 1.29 is 9.47 Å². The quantitative estimate of drug-likeness (QED) is 0.890. The molecule has 0 spiro atoms. The topological polar surface area (TPSA) is 30.5 Å². The van der Waals surface area contributed by atoms with Gasteiger partial charge >= 0.3 is 0 Å². The number of fused-ring (bicyclic) bond motifs is 1. The average molecular weight is 289 g/mol. The van der Waals surface area contributed by atoms with E-state index in [4.69, 9.17) is 9.47 Å². The Morgan fingerprint density at radius 1 is 1.33 bits per heavy atom. The predicted octanol–water partition coefficient (Wildman–Crippen LogP) is 3.95. The van der Waals surface area contributed by atoms with Crippen LogP contribution in [0.3, 0.4) is 0 Å². The lowest BCUT2D eigenvalue weighted by atomic mass is 9.57. The van der Waals surface area contributed by atoms with E-state index in [9.17, 15) is 0 Å². The Morgan fingerprint density at radius 2 is 2.10 bits per heavy atom. The molecule has 0 aromatic heterocycles. The molecule has 0 bridgehead atoms. The van der Waals surface area contributed by atoms with Crippen LogP contribution in [0.15, 0.2) is 24.3 Å². The van der Waals surface area contributed by atoms with Gasteiger partial charge in [0.05, 0.1) is 18.4 Å². The standard InChI is InChI=1S/C18H27NO2/c1-12(2)11-21-15-8-6-5-7-14(15)19-16-13-9-10-20-17(13)18(16,3)4/h5-8,12-13,16-17,19H,9-11H2,1-4H3. The van der Waals surface area contributed by atoms with E-state index in [2.05, 4.69) is 51.2 Å². The third-order valence-corrected chi connectivity index (χ3v) is 4.87. The van der Waals surface area contributed by atoms with E-state index in [1.807, 2.05) is 6.07 Å². The maximum atomic E-state index is 5.95. The molecule has 0 radical (unpaired) electrons. The normalized spacial score (nSPS) is 29.9. The molecular weight excluding hydrogens is 262 g/mol. The molecule has 116 valence electrons. The molecule has 1 heterocycles. The van der Waals surface area contributed by atoms with Crippen LogP contribution in [0, 0.1) is 17.3 Å². The average Bonchev–Trinajstić information content (AvgIpc) is 2.90. The molecule has 1 saturated carbocycles. The molecule has 3 nitrogen and oxygen atoms in total. The third-order valence-electron chi connectivity index (χ3n) is 4.87. The molecule has 1 aliphatic heterocycles. The van der Waals surface area contributed by atoms with Gasteiger partial charge in [0, 0.05) is 24.0 Å². The molecular formula is C18H27NO2. The smallest absolute Gasteiger partial charge is 0.142 e. The molecule has 1 aliphatic carbocycles. The molecule has 2 aliphatic rings. The number of hydrogen-bond donors (Lipinski definition) is 1. The zero-order valence-electron chi connectivity index (χ0n) is 13.6. The highest BCUT2D eigenvalue weighted by Crippen LogP contribution is 2.53. The van der Waals surface area contributed by atoms with Gasteiger partial charge in [0.1, 0.15) is 5.75 Å². The fourth-order valence-electron chi connectivity index (χ4n) is 3.75. The lowest BCUT2D eigenvalue weighted by Gasteiger charge is -2.55. The number of ether oxygens (including phenoxy) is 2. The van der Waals surface area contributed by atoms with Crippen molar-refractivity contribution >= 4 is 5.69 Å². The first kappa shape index (κ1) is 14.7. The Labute approximate surface area is 128 Å². The van der Waals surface area contributed by atoms with Crippen LogP contribution in [0.4, 0.5) is 5.69 Å². The number of rotatable bonds is 5. The van der Waals surface area contributed by atoms with E-state index >= 15 is 0 Å². The lowest BCUT2D eigenvalue weighted by Crippen LogP contribution is -2.63. The Hall–Kier alpha value is -1.22. The van der Waals surface area contributed by atoms with Crippen molar-refractivity contribution in [3.05, 3.63) is 24.3 Å². The number of benzene rings is 1. The minimum Gasteiger partial charge on any atom is -0.491 e. The summed E-state index contributed by atoms with van der Waals surface area (Å²) < 4.78 is 11.8. The van der Waals surface area contributed by atoms with Crippen LogP contribution in [0.25, 0.3) is 0 Å². The van der Waals surface area contributed by atoms with Crippen molar-refractivity contribution in [1.82, 2.24) is 0 Å². The van der Waals surface area contributed by atoms with Crippen LogP contribution in [-0.2, 0) is 4.74 Å². The van der Waals surface area contributed by atoms with Gasteiger partial charge in [-0.15, -0.1) is 0 Å². The van der Waals surface area contributed by atoms with Gasteiger partial charge in [0.25, 0.3) is 0 Å². The van der Waals surface area contributed by atoms with Crippen LogP contribution in [0.2, 0.25) is 0 Å². The van der Waals surface area contributed by atoms with Crippen molar-refractivity contribution in [3.63, 3.8) is 0 Å². The summed E-state index contributed by atoms with van der Waals surface area (Å²) in [4.78, 5) is 0. The van der Waals surface area contributed by atoms with Gasteiger partial charge in [-0.25, -0.2) is 0 Å². The van der Waals surface area contributed by atoms with Crippen molar-refractivity contribution in [2.75, 3.05) is 18.5 Å². The summed E-state index contributed by atoms with van der Waals surface area (Å²) in [5.74, 6) is 2.13. The minimum absolute atomic E-state index is 0.187. The monoisotopic (exact) mass is 289 g/mol. The highest BCUT2D eigenvalue weighted by molar-refractivity contribution is 5.57. The second kappa shape index (κ2) is 5.53. The van der Waals surface area contributed by atoms with Crippen LogP contribution in [0.1, 0.15) is 34.1 Å². The number of anilines is 1. The van der Waals surface area contributed by atoms with Crippen LogP contribution in [0.5, 0.6) is 5.75 Å². The number of para-hydroxylation sites is 2. The highest BCUT2D eigenvalue weighted by atomic mass is 16.5. The van der Waals surface area contributed by atoms with E-state index in [1.165, 1.54) is 6.42 Å². The maximum Gasteiger partial charge on any atom is 0.142 e. The lowest BCUT2D eigenvalue weighted by molar-refractivity contribution is -0.0923. The fourth-order valence-corrected chi connectivity index (χ4v) is 3.75. The van der Waals surface area contributed by atoms with Crippen molar-refractivity contribution in [3.8, 4) is 5.75 Å². The summed E-state index contributed by atoms with van der Waals surface area (Å²) in [5.41, 5.74) is 1.30. The molecule has 3 heteroatoms. The molecule has 1 saturated heterocycles. The van der Waals surface area contributed by atoms with Gasteiger partial charge in [0.15, 0.2) is 0 Å². The zero-order valence-corrected chi connectivity index (χ0v) is 13.6. The van der Waals surface area contributed by atoms with Gasteiger partial charge in [-0.05, 0) is 24.5 Å². The van der Waals surface area contributed by atoms with E-state index in [-0.39, 0.29) is 5.41 Å². The first-order valence-electron chi connectivity index (χ1n) is 8.10. The van der Waals surface area contributed by atoms with E-state index in [0.717, 1.165) is 24.7 Å². The molecule has 0 amide bonds. The first-order chi connectivity index (χ1) is 10.00. The summed E-state index contributed by atoms with van der Waals surface area (Å²) in [6.45, 7) is 10.6. The van der Waals surface area contributed by atoms with Crippen molar-refractivity contribution in [1.29, 1.82) is 0 Å². The molecule has 21 heavy (non-hydrogen) atoms. The molecule has 1 N–H and O–H groups in total. The SMILES string of the molecule is CC(C)COc1ccccc1NC1C2CCOC2C1(C)C. The fraction of sp³-hybridized carbons (Fsp3) is 0.667. The van der Waals surface area contributed by atoms with E-state index < -0.39 is 0 Å². The molecule has 1 aromatic rings. The van der Waals surface area contributed by atoms with Gasteiger partial charge < -0.3 is 14.8 Å². The largest absolute Gasteiger partial charge is 0.491 e. The number of hydrogen-bond acceptors (Lipinski definition) is 3. The summed E-state index contributed by atoms with van der Waals surface area (Å²) in [6, 6.07) is 8.75. The van der Waals surface area contributed by atoms with Gasteiger partial charge in [-0.3, -0.25) is 0 Å².